The van der Waals surface area contributed by atoms with E-state index in [1.165, 1.54) is 0 Å². The Morgan fingerprint density at radius 3 is 2.74 bits per heavy atom. The standard InChI is InChI=1S/C15H18N2O2/c1-17-10-9-13(16-17)12-14(18)6-5-11-19-15-7-3-2-4-8-15/h2-4,7-10H,5-6,11-12H2,1H3. The molecule has 0 saturated carbocycles. The van der Waals surface area contributed by atoms with Gasteiger partial charge in [-0.2, -0.15) is 5.10 Å². The molecule has 1 heterocycles. The zero-order valence-corrected chi connectivity index (χ0v) is 11.1. The van der Waals surface area contributed by atoms with Gasteiger partial charge in [0.25, 0.3) is 0 Å². The van der Waals surface area contributed by atoms with E-state index in [0.29, 0.717) is 19.4 Å². The molecule has 1 aromatic heterocycles. The van der Waals surface area contributed by atoms with Gasteiger partial charge in [-0.1, -0.05) is 18.2 Å². The van der Waals surface area contributed by atoms with Gasteiger partial charge in [-0.15, -0.1) is 0 Å². The summed E-state index contributed by atoms with van der Waals surface area (Å²) in [5, 5.41) is 4.19. The highest BCUT2D eigenvalue weighted by Gasteiger charge is 2.06. The number of hydrogen-bond acceptors (Lipinski definition) is 3. The molecule has 0 aliphatic carbocycles. The molecular formula is C15H18N2O2. The fourth-order valence-electron chi connectivity index (χ4n) is 1.82. The number of rotatable bonds is 7. The number of Topliss-reactive ketones (excluding diaryl/α,β-unsaturated/α-hetero) is 1. The Kier molecular flexibility index (Phi) is 4.72. The SMILES string of the molecule is Cn1ccc(CC(=O)CCCOc2ccccc2)n1. The number of nitrogens with zero attached hydrogens (tertiary/aromatic N) is 2. The molecular weight excluding hydrogens is 240 g/mol. The van der Waals surface area contributed by atoms with Crippen molar-refractivity contribution in [3.63, 3.8) is 0 Å². The van der Waals surface area contributed by atoms with E-state index in [4.69, 9.17) is 4.74 Å². The Labute approximate surface area is 113 Å². The molecule has 1 aromatic carbocycles. The molecule has 19 heavy (non-hydrogen) atoms. The van der Waals surface area contributed by atoms with E-state index < -0.39 is 0 Å². The topological polar surface area (TPSA) is 44.1 Å². The molecule has 0 bridgehead atoms. The molecule has 0 radical (unpaired) electrons. The van der Waals surface area contributed by atoms with Crippen molar-refractivity contribution in [2.45, 2.75) is 19.3 Å². The van der Waals surface area contributed by atoms with Crippen LogP contribution in [0.3, 0.4) is 0 Å². The number of benzene rings is 1. The van der Waals surface area contributed by atoms with Crippen molar-refractivity contribution in [2.24, 2.45) is 7.05 Å². The first-order valence-corrected chi connectivity index (χ1v) is 6.42. The first-order chi connectivity index (χ1) is 9.24. The second-order valence-corrected chi connectivity index (χ2v) is 4.46. The average Bonchev–Trinajstić information content (AvgIpc) is 2.81. The molecule has 100 valence electrons. The normalized spacial score (nSPS) is 10.4. The van der Waals surface area contributed by atoms with Crippen LogP contribution in [-0.2, 0) is 18.3 Å². The summed E-state index contributed by atoms with van der Waals surface area (Å²) < 4.78 is 7.25. The Morgan fingerprint density at radius 2 is 2.05 bits per heavy atom. The quantitative estimate of drug-likeness (QED) is 0.716. The van der Waals surface area contributed by atoms with E-state index >= 15 is 0 Å². The smallest absolute Gasteiger partial charge is 0.139 e. The zero-order valence-electron chi connectivity index (χ0n) is 11.1. The molecule has 0 fully saturated rings. The van der Waals surface area contributed by atoms with E-state index in [-0.39, 0.29) is 5.78 Å². The molecule has 0 atom stereocenters. The maximum absolute atomic E-state index is 11.7. The lowest BCUT2D eigenvalue weighted by atomic mass is 10.1. The van der Waals surface area contributed by atoms with Gasteiger partial charge in [0.2, 0.25) is 0 Å². The Balaban J connectivity index is 1.64. The second kappa shape index (κ2) is 6.73. The van der Waals surface area contributed by atoms with Gasteiger partial charge in [0, 0.05) is 19.7 Å². The molecule has 0 spiro atoms. The summed E-state index contributed by atoms with van der Waals surface area (Å²) in [4.78, 5) is 11.7. The molecule has 0 saturated heterocycles. The van der Waals surface area contributed by atoms with Gasteiger partial charge < -0.3 is 4.74 Å². The van der Waals surface area contributed by atoms with Crippen LogP contribution in [0.1, 0.15) is 18.5 Å². The highest BCUT2D eigenvalue weighted by Crippen LogP contribution is 2.09. The van der Waals surface area contributed by atoms with Gasteiger partial charge in [0.05, 0.1) is 18.7 Å². The molecule has 2 rings (SSSR count). The number of ether oxygens (including phenoxy) is 1. The van der Waals surface area contributed by atoms with Gasteiger partial charge in [0.1, 0.15) is 11.5 Å². The summed E-state index contributed by atoms with van der Waals surface area (Å²) in [7, 11) is 1.85. The maximum Gasteiger partial charge on any atom is 0.139 e. The number of hydrogen-bond donors (Lipinski definition) is 0. The zero-order chi connectivity index (χ0) is 13.5. The van der Waals surface area contributed by atoms with Crippen LogP contribution in [0.2, 0.25) is 0 Å². The average molecular weight is 258 g/mol. The minimum absolute atomic E-state index is 0.204. The summed E-state index contributed by atoms with van der Waals surface area (Å²) in [6.45, 7) is 0.567. The number of aryl methyl sites for hydroxylation is 1. The third-order valence-electron chi connectivity index (χ3n) is 2.76. The Morgan fingerprint density at radius 1 is 1.26 bits per heavy atom. The monoisotopic (exact) mass is 258 g/mol. The van der Waals surface area contributed by atoms with E-state index in [2.05, 4.69) is 5.10 Å². The van der Waals surface area contributed by atoms with Crippen molar-refractivity contribution in [1.29, 1.82) is 0 Å². The second-order valence-electron chi connectivity index (χ2n) is 4.46. The number of ketones is 1. The number of carbonyl (C=O) groups is 1. The molecule has 0 unspecified atom stereocenters. The van der Waals surface area contributed by atoms with Crippen LogP contribution in [-0.4, -0.2) is 22.2 Å². The largest absolute Gasteiger partial charge is 0.494 e. The molecule has 4 heteroatoms. The number of carbonyl (C=O) groups excluding carboxylic acids is 1. The highest BCUT2D eigenvalue weighted by molar-refractivity contribution is 5.80. The van der Waals surface area contributed by atoms with Crippen LogP contribution in [0, 0.1) is 0 Å². The summed E-state index contributed by atoms with van der Waals surface area (Å²) in [5.41, 5.74) is 0.830. The van der Waals surface area contributed by atoms with Crippen LogP contribution in [0.25, 0.3) is 0 Å². The minimum atomic E-state index is 0.204. The van der Waals surface area contributed by atoms with Crippen LogP contribution in [0.5, 0.6) is 5.75 Å². The van der Waals surface area contributed by atoms with Gasteiger partial charge in [0.15, 0.2) is 0 Å². The summed E-state index contributed by atoms with van der Waals surface area (Å²) in [5.74, 6) is 1.05. The van der Waals surface area contributed by atoms with Crippen molar-refractivity contribution >= 4 is 5.78 Å². The Bertz CT molecular complexity index is 520. The van der Waals surface area contributed by atoms with Crippen LogP contribution in [0.4, 0.5) is 0 Å². The van der Waals surface area contributed by atoms with Crippen LogP contribution < -0.4 is 4.74 Å². The molecule has 0 aliphatic rings. The third kappa shape index (κ3) is 4.58. The molecule has 4 nitrogen and oxygen atoms in total. The lowest BCUT2D eigenvalue weighted by Crippen LogP contribution is -2.06. The van der Waals surface area contributed by atoms with Crippen molar-refractivity contribution in [2.75, 3.05) is 6.61 Å². The number of para-hydroxylation sites is 1. The van der Waals surface area contributed by atoms with Gasteiger partial charge in [-0.05, 0) is 24.6 Å². The van der Waals surface area contributed by atoms with Crippen molar-refractivity contribution in [3.8, 4) is 5.75 Å². The van der Waals surface area contributed by atoms with Crippen molar-refractivity contribution in [1.82, 2.24) is 9.78 Å². The molecule has 0 aliphatic heterocycles. The van der Waals surface area contributed by atoms with Gasteiger partial charge in [-0.25, -0.2) is 0 Å². The predicted molar refractivity (Wildman–Crippen MR) is 73.1 cm³/mol. The fourth-order valence-corrected chi connectivity index (χ4v) is 1.82. The Hall–Kier alpha value is -2.10. The first kappa shape index (κ1) is 13.3. The van der Waals surface area contributed by atoms with Gasteiger partial charge >= 0.3 is 0 Å². The summed E-state index contributed by atoms with van der Waals surface area (Å²) in [6, 6.07) is 11.5. The summed E-state index contributed by atoms with van der Waals surface area (Å²) >= 11 is 0. The van der Waals surface area contributed by atoms with E-state index in [0.717, 1.165) is 17.9 Å². The first-order valence-electron chi connectivity index (χ1n) is 6.42. The molecule has 0 N–H and O–H groups in total. The van der Waals surface area contributed by atoms with Gasteiger partial charge in [-0.3, -0.25) is 9.48 Å². The van der Waals surface area contributed by atoms with Crippen LogP contribution in [0.15, 0.2) is 42.6 Å². The van der Waals surface area contributed by atoms with E-state index in [1.807, 2.05) is 49.6 Å². The number of aromatic nitrogens is 2. The maximum atomic E-state index is 11.7. The minimum Gasteiger partial charge on any atom is -0.494 e. The third-order valence-corrected chi connectivity index (χ3v) is 2.76. The predicted octanol–water partition coefficient (Wildman–Crippen LogP) is 2.39. The fraction of sp³-hybridized carbons (Fsp3) is 0.333. The van der Waals surface area contributed by atoms with Crippen molar-refractivity contribution in [3.05, 3.63) is 48.3 Å². The van der Waals surface area contributed by atoms with Crippen molar-refractivity contribution < 1.29 is 9.53 Å². The molecule has 0 amide bonds. The van der Waals surface area contributed by atoms with Crippen LogP contribution >= 0.6 is 0 Å². The highest BCUT2D eigenvalue weighted by atomic mass is 16.5. The van der Waals surface area contributed by atoms with E-state index in [1.54, 1.807) is 4.68 Å². The lowest BCUT2D eigenvalue weighted by Gasteiger charge is -2.04. The lowest BCUT2D eigenvalue weighted by molar-refractivity contribution is -0.118. The van der Waals surface area contributed by atoms with E-state index in [9.17, 15) is 4.79 Å². The summed E-state index contributed by atoms with van der Waals surface area (Å²) in [6.07, 6.45) is 3.53. The molecule has 2 aromatic rings.